The lowest BCUT2D eigenvalue weighted by molar-refractivity contribution is 0.102. The molecule has 0 aliphatic carbocycles. The van der Waals surface area contributed by atoms with E-state index >= 15 is 0 Å². The maximum atomic E-state index is 13.5. The van der Waals surface area contributed by atoms with Gasteiger partial charge in [0.05, 0.1) is 23.5 Å². The Kier molecular flexibility index (Phi) is 12.9. The minimum atomic E-state index is -0.387. The number of hydrogen-bond acceptors (Lipinski definition) is 7. The highest BCUT2D eigenvalue weighted by Crippen LogP contribution is 2.32. The van der Waals surface area contributed by atoms with Crippen LogP contribution in [0.2, 0.25) is 0 Å². The van der Waals surface area contributed by atoms with Gasteiger partial charge in [-0.15, -0.1) is 24.8 Å². The van der Waals surface area contributed by atoms with Crippen LogP contribution >= 0.6 is 24.8 Å². The molecule has 0 radical (unpaired) electrons. The number of rotatable bonds is 10. The zero-order chi connectivity index (χ0) is 29.4. The molecule has 5 N–H and O–H groups in total. The average molecular weight is 625 g/mol. The van der Waals surface area contributed by atoms with Crippen molar-refractivity contribution < 1.29 is 14.3 Å². The number of carbonyl (C=O) groups is 1. The number of hydrogen-bond donors (Lipinski definition) is 5. The molecule has 0 aliphatic heterocycles. The van der Waals surface area contributed by atoms with Gasteiger partial charge in [0.2, 0.25) is 0 Å². The van der Waals surface area contributed by atoms with Gasteiger partial charge in [0.25, 0.3) is 5.91 Å². The molecule has 0 bridgehead atoms. The smallest absolute Gasteiger partial charge is 0.259 e. The molecular formula is C31H35Cl2N7O3. The number of benzene rings is 2. The van der Waals surface area contributed by atoms with E-state index in [0.29, 0.717) is 45.5 Å². The third-order valence-electron chi connectivity index (χ3n) is 5.56. The number of aromatic nitrogens is 2. The monoisotopic (exact) mass is 623 g/mol. The second kappa shape index (κ2) is 16.1. The molecule has 0 spiro atoms. The highest BCUT2D eigenvalue weighted by molar-refractivity contribution is 6.09. The molecule has 0 unspecified atom stereocenters. The van der Waals surface area contributed by atoms with Crippen LogP contribution in [0.4, 0.5) is 17.1 Å². The highest BCUT2D eigenvalue weighted by Gasteiger charge is 2.18. The van der Waals surface area contributed by atoms with Crippen molar-refractivity contribution in [3.63, 3.8) is 0 Å². The van der Waals surface area contributed by atoms with Crippen LogP contribution in [0.3, 0.4) is 0 Å². The van der Waals surface area contributed by atoms with Gasteiger partial charge >= 0.3 is 0 Å². The Bertz CT molecular complexity index is 1540. The van der Waals surface area contributed by atoms with Crippen LogP contribution in [-0.2, 0) is 0 Å². The quantitative estimate of drug-likeness (QED) is 0.0942. The largest absolute Gasteiger partial charge is 0.490 e. The third kappa shape index (κ3) is 9.69. The molecule has 0 aliphatic rings. The van der Waals surface area contributed by atoms with Gasteiger partial charge in [0, 0.05) is 35.9 Å². The van der Waals surface area contributed by atoms with E-state index < -0.39 is 0 Å². The van der Waals surface area contributed by atoms with Gasteiger partial charge in [-0.1, -0.05) is 12.1 Å². The van der Waals surface area contributed by atoms with E-state index in [4.69, 9.17) is 20.3 Å². The van der Waals surface area contributed by atoms with Crippen LogP contribution in [0.5, 0.6) is 11.5 Å². The molecule has 0 saturated carbocycles. The molecule has 1 amide bonds. The van der Waals surface area contributed by atoms with Gasteiger partial charge in [-0.25, -0.2) is 0 Å². The first-order valence-corrected chi connectivity index (χ1v) is 13.2. The van der Waals surface area contributed by atoms with Crippen molar-refractivity contribution in [3.8, 4) is 11.5 Å². The van der Waals surface area contributed by atoms with Crippen molar-refractivity contribution in [2.75, 3.05) is 16.0 Å². The van der Waals surface area contributed by atoms with Gasteiger partial charge in [0.1, 0.15) is 34.6 Å². The Labute approximate surface area is 263 Å². The Hall–Kier alpha value is -4.67. The summed E-state index contributed by atoms with van der Waals surface area (Å²) in [5, 5.41) is 25.6. The number of nitrogens with zero attached hydrogens (tertiary/aromatic N) is 2. The number of ether oxygens (including phenoxy) is 2. The van der Waals surface area contributed by atoms with Crippen molar-refractivity contribution >= 4 is 59.5 Å². The number of carbonyl (C=O) groups excluding carboxylic acids is 1. The molecule has 4 aromatic rings. The van der Waals surface area contributed by atoms with Crippen molar-refractivity contribution in [2.45, 2.75) is 39.9 Å². The molecule has 2 aromatic heterocycles. The second-order valence-corrected chi connectivity index (χ2v) is 9.64. The van der Waals surface area contributed by atoms with Gasteiger partial charge in [-0.3, -0.25) is 25.6 Å². The summed E-state index contributed by atoms with van der Waals surface area (Å²) in [5.74, 6) is 0.685. The summed E-state index contributed by atoms with van der Waals surface area (Å²) < 4.78 is 12.0. The van der Waals surface area contributed by atoms with Gasteiger partial charge < -0.3 is 25.4 Å². The molecular weight excluding hydrogens is 589 g/mol. The van der Waals surface area contributed by atoms with Crippen molar-refractivity contribution in [1.82, 2.24) is 9.97 Å². The SMILES string of the molecule is CC(C)Oc1cc(NC(=N)c2ccccn2)ccc1NC(=O)c1ccc(NC(=N)c2ccccn2)cc1OC(C)C.Cl.Cl. The Morgan fingerprint density at radius 2 is 1.16 bits per heavy atom. The molecule has 0 saturated heterocycles. The standard InChI is InChI=1S/C31H33N7O3.2ClH/c1-19(2)40-27-17-21(36-29(32)25-9-5-7-15-34-25)11-13-23(27)31(39)38-24-14-12-22(18-28(24)41-20(3)4)37-30(33)26-10-6-8-16-35-26;;/h5-20H,1-4H3,(H2,32,36)(H2,33,37)(H,38,39);2*1H. The fourth-order valence-electron chi connectivity index (χ4n) is 3.82. The summed E-state index contributed by atoms with van der Waals surface area (Å²) in [7, 11) is 0. The molecule has 2 aromatic carbocycles. The van der Waals surface area contributed by atoms with E-state index in [-0.39, 0.29) is 54.6 Å². The summed E-state index contributed by atoms with van der Waals surface area (Å²) >= 11 is 0. The van der Waals surface area contributed by atoms with Crippen LogP contribution in [-0.4, -0.2) is 39.8 Å². The summed E-state index contributed by atoms with van der Waals surface area (Å²) in [5.41, 5.74) is 2.98. The molecule has 0 atom stereocenters. The van der Waals surface area contributed by atoms with E-state index in [1.54, 1.807) is 73.1 Å². The Morgan fingerprint density at radius 1 is 0.674 bits per heavy atom. The van der Waals surface area contributed by atoms with Gasteiger partial charge in [0.15, 0.2) is 0 Å². The number of nitrogens with one attached hydrogen (secondary N) is 5. The Morgan fingerprint density at radius 3 is 1.65 bits per heavy atom. The zero-order valence-corrected chi connectivity index (χ0v) is 25.8. The van der Waals surface area contributed by atoms with Crippen LogP contribution < -0.4 is 25.4 Å². The minimum Gasteiger partial charge on any atom is -0.490 e. The lowest BCUT2D eigenvalue weighted by atomic mass is 10.1. The first kappa shape index (κ1) is 34.5. The first-order valence-electron chi connectivity index (χ1n) is 13.2. The van der Waals surface area contributed by atoms with E-state index in [1.165, 1.54) is 0 Å². The maximum absolute atomic E-state index is 13.5. The third-order valence-corrected chi connectivity index (χ3v) is 5.56. The fraction of sp³-hybridized carbons (Fsp3) is 0.194. The Balaban J connectivity index is 0.00000323. The van der Waals surface area contributed by atoms with Crippen molar-refractivity contribution in [2.24, 2.45) is 0 Å². The zero-order valence-electron chi connectivity index (χ0n) is 24.2. The van der Waals surface area contributed by atoms with E-state index in [9.17, 15) is 4.79 Å². The normalized spacial score (nSPS) is 10.2. The maximum Gasteiger partial charge on any atom is 0.259 e. The fourth-order valence-corrected chi connectivity index (χ4v) is 3.82. The topological polar surface area (TPSA) is 145 Å². The summed E-state index contributed by atoms with van der Waals surface area (Å²) in [6.07, 6.45) is 2.90. The van der Waals surface area contributed by atoms with Crippen molar-refractivity contribution in [1.29, 1.82) is 10.8 Å². The van der Waals surface area contributed by atoms with E-state index in [0.717, 1.165) is 0 Å². The molecule has 12 heteroatoms. The number of anilines is 3. The van der Waals surface area contributed by atoms with E-state index in [1.807, 2.05) is 39.8 Å². The summed E-state index contributed by atoms with van der Waals surface area (Å²) in [6, 6.07) is 20.9. The summed E-state index contributed by atoms with van der Waals surface area (Å²) in [6.45, 7) is 7.54. The lowest BCUT2D eigenvalue weighted by Gasteiger charge is -2.19. The van der Waals surface area contributed by atoms with Crippen LogP contribution in [0.15, 0.2) is 85.2 Å². The van der Waals surface area contributed by atoms with Crippen LogP contribution in [0, 0.1) is 10.8 Å². The van der Waals surface area contributed by atoms with Crippen LogP contribution in [0.25, 0.3) is 0 Å². The minimum absolute atomic E-state index is 0. The second-order valence-electron chi connectivity index (χ2n) is 9.64. The molecule has 10 nitrogen and oxygen atoms in total. The number of pyridine rings is 2. The van der Waals surface area contributed by atoms with Gasteiger partial charge in [-0.2, -0.15) is 0 Å². The molecule has 2 heterocycles. The molecule has 0 fully saturated rings. The number of amidine groups is 2. The molecule has 4 rings (SSSR count). The summed E-state index contributed by atoms with van der Waals surface area (Å²) in [4.78, 5) is 21.9. The lowest BCUT2D eigenvalue weighted by Crippen LogP contribution is -2.18. The predicted octanol–water partition coefficient (Wildman–Crippen LogP) is 7.02. The first-order chi connectivity index (χ1) is 19.7. The predicted molar refractivity (Wildman–Crippen MR) is 176 cm³/mol. The highest BCUT2D eigenvalue weighted by atomic mass is 35.5. The van der Waals surface area contributed by atoms with E-state index in [2.05, 4.69) is 25.9 Å². The van der Waals surface area contributed by atoms with Crippen molar-refractivity contribution in [3.05, 3.63) is 102 Å². The molecule has 226 valence electrons. The number of halogens is 2. The average Bonchev–Trinajstić information content (AvgIpc) is 2.95. The van der Waals surface area contributed by atoms with Crippen LogP contribution in [0.1, 0.15) is 49.4 Å². The molecule has 43 heavy (non-hydrogen) atoms. The number of amides is 1. The van der Waals surface area contributed by atoms with Gasteiger partial charge in [-0.05, 0) is 76.2 Å².